The molecule has 176 valence electrons. The van der Waals surface area contributed by atoms with Crippen molar-refractivity contribution in [2.75, 3.05) is 43.3 Å². The van der Waals surface area contributed by atoms with Gasteiger partial charge in [0.2, 0.25) is 6.35 Å². The maximum atomic E-state index is 13.4. The van der Waals surface area contributed by atoms with E-state index < -0.39 is 17.6 Å². The summed E-state index contributed by atoms with van der Waals surface area (Å²) in [5.41, 5.74) is 0.515. The molecule has 2 heterocycles. The van der Waals surface area contributed by atoms with Gasteiger partial charge in [0.25, 0.3) is 5.56 Å². The fourth-order valence-electron chi connectivity index (χ4n) is 3.85. The summed E-state index contributed by atoms with van der Waals surface area (Å²) in [5.74, 6) is 0.494. The van der Waals surface area contributed by atoms with Crippen LogP contribution >= 0.6 is 11.6 Å². The molecule has 0 saturated heterocycles. The number of benzene rings is 1. The second kappa shape index (κ2) is 11.0. The zero-order valence-corrected chi connectivity index (χ0v) is 19.5. The lowest BCUT2D eigenvalue weighted by Gasteiger charge is -2.30. The van der Waals surface area contributed by atoms with Crippen LogP contribution in [0.4, 0.5) is 11.5 Å². The van der Waals surface area contributed by atoms with Gasteiger partial charge >= 0.3 is 5.69 Å². The average Bonchev–Trinajstić information content (AvgIpc) is 3.05. The number of aliphatic hydroxyl groups excluding tert-OH is 1. The molecule has 1 aromatic carbocycles. The molecule has 1 aliphatic heterocycles. The van der Waals surface area contributed by atoms with Crippen LogP contribution in [-0.4, -0.2) is 54.1 Å². The van der Waals surface area contributed by atoms with Crippen LogP contribution in [0.5, 0.6) is 0 Å². The molecule has 10 heteroatoms. The first-order chi connectivity index (χ1) is 15.4. The van der Waals surface area contributed by atoms with Crippen molar-refractivity contribution < 1.29 is 14.6 Å². The number of fused-ring (bicyclic) bond motifs is 1. The highest BCUT2D eigenvalue weighted by Gasteiger charge is 2.40. The van der Waals surface area contributed by atoms with E-state index in [1.165, 1.54) is 9.13 Å². The predicted molar refractivity (Wildman–Crippen MR) is 125 cm³/mol. The first-order valence-electron chi connectivity index (χ1n) is 10.8. The fraction of sp³-hybridized carbons (Fsp3) is 0.545. The lowest BCUT2D eigenvalue weighted by Crippen LogP contribution is -2.45. The van der Waals surface area contributed by atoms with Crippen LogP contribution < -0.4 is 21.0 Å². The number of ether oxygens (including phenoxy) is 2. The molecule has 1 aliphatic rings. The molecule has 32 heavy (non-hydrogen) atoms. The zero-order chi connectivity index (χ0) is 23.3. The van der Waals surface area contributed by atoms with Gasteiger partial charge in [0.05, 0.1) is 13.2 Å². The van der Waals surface area contributed by atoms with Gasteiger partial charge in [0.15, 0.2) is 0 Å². The summed E-state index contributed by atoms with van der Waals surface area (Å²) in [6, 6.07) is 7.39. The van der Waals surface area contributed by atoms with Crippen molar-refractivity contribution in [1.29, 1.82) is 0 Å². The van der Waals surface area contributed by atoms with Gasteiger partial charge in [0, 0.05) is 45.4 Å². The molecule has 1 unspecified atom stereocenters. The zero-order valence-electron chi connectivity index (χ0n) is 18.8. The van der Waals surface area contributed by atoms with Crippen LogP contribution in [0.2, 0.25) is 5.02 Å². The molecule has 0 aliphatic carbocycles. The number of anilines is 2. The second-order valence-electron chi connectivity index (χ2n) is 7.72. The Balaban J connectivity index is 2.00. The number of aromatic nitrogens is 2. The Bertz CT molecular complexity index is 1020. The first-order valence-corrected chi connectivity index (χ1v) is 11.2. The van der Waals surface area contributed by atoms with Crippen molar-refractivity contribution in [3.63, 3.8) is 0 Å². The number of aliphatic hydroxyl groups is 1. The molecule has 0 radical (unpaired) electrons. The highest BCUT2D eigenvalue weighted by atomic mass is 35.5. The molecule has 1 aromatic heterocycles. The van der Waals surface area contributed by atoms with Crippen LogP contribution in [0.3, 0.4) is 0 Å². The Labute approximate surface area is 192 Å². The number of halogens is 1. The molecule has 0 fully saturated rings. The van der Waals surface area contributed by atoms with Crippen molar-refractivity contribution in [3.8, 4) is 0 Å². The normalized spacial score (nSPS) is 15.5. The van der Waals surface area contributed by atoms with Gasteiger partial charge in [-0.25, -0.2) is 4.79 Å². The van der Waals surface area contributed by atoms with E-state index in [0.29, 0.717) is 49.3 Å². The van der Waals surface area contributed by atoms with Crippen molar-refractivity contribution >= 4 is 23.1 Å². The van der Waals surface area contributed by atoms with Gasteiger partial charge in [-0.1, -0.05) is 30.7 Å². The van der Waals surface area contributed by atoms with Gasteiger partial charge in [0.1, 0.15) is 11.5 Å². The smallest absolute Gasteiger partial charge is 0.332 e. The van der Waals surface area contributed by atoms with E-state index in [9.17, 15) is 14.7 Å². The van der Waals surface area contributed by atoms with E-state index in [1.807, 2.05) is 24.0 Å². The Morgan fingerprint density at radius 3 is 2.47 bits per heavy atom. The SMILES string of the molecule is CCCOCCOC1N(C)c2c(c(=O)n(CCCO)c(=O)n2C)N1Cc1ccc(Cl)cc1. The fourth-order valence-corrected chi connectivity index (χ4v) is 3.98. The minimum absolute atomic E-state index is 0.107. The van der Waals surface area contributed by atoms with Gasteiger partial charge in [-0.15, -0.1) is 0 Å². The standard InChI is InChI=1S/C22H31ClN4O5/c1-4-12-31-13-14-32-22-25(3)19-18(27(22)15-16-6-8-17(23)9-7-16)20(29)26(10-5-11-28)21(30)24(19)2/h6-9,22,28H,4-5,10-15H2,1-3H3. The first kappa shape index (κ1) is 24.3. The molecule has 0 amide bonds. The summed E-state index contributed by atoms with van der Waals surface area (Å²) in [6.45, 7) is 3.90. The van der Waals surface area contributed by atoms with Crippen LogP contribution in [0, 0.1) is 0 Å². The molecular weight excluding hydrogens is 436 g/mol. The Kier molecular flexibility index (Phi) is 8.36. The second-order valence-corrected chi connectivity index (χ2v) is 8.16. The van der Waals surface area contributed by atoms with Crippen LogP contribution in [0.25, 0.3) is 0 Å². The summed E-state index contributed by atoms with van der Waals surface area (Å²) in [5, 5.41) is 9.83. The van der Waals surface area contributed by atoms with E-state index in [2.05, 4.69) is 0 Å². The topological polar surface area (TPSA) is 89.2 Å². The van der Waals surface area contributed by atoms with Gasteiger partial charge in [-0.2, -0.15) is 0 Å². The molecule has 0 bridgehead atoms. The molecule has 0 saturated carbocycles. The van der Waals surface area contributed by atoms with Gasteiger partial charge in [-0.3, -0.25) is 13.9 Å². The van der Waals surface area contributed by atoms with Crippen molar-refractivity contribution in [3.05, 3.63) is 55.7 Å². The summed E-state index contributed by atoms with van der Waals surface area (Å²) >= 11 is 6.03. The van der Waals surface area contributed by atoms with E-state index in [4.69, 9.17) is 21.1 Å². The number of rotatable bonds is 11. The molecule has 9 nitrogen and oxygen atoms in total. The molecule has 1 N–H and O–H groups in total. The highest BCUT2D eigenvalue weighted by molar-refractivity contribution is 6.30. The number of hydrogen-bond donors (Lipinski definition) is 1. The van der Waals surface area contributed by atoms with E-state index in [1.54, 1.807) is 31.1 Å². The average molecular weight is 467 g/mol. The van der Waals surface area contributed by atoms with Crippen LogP contribution in [-0.2, 0) is 29.6 Å². The monoisotopic (exact) mass is 466 g/mol. The summed E-state index contributed by atoms with van der Waals surface area (Å²) < 4.78 is 14.3. The lowest BCUT2D eigenvalue weighted by atomic mass is 10.2. The summed E-state index contributed by atoms with van der Waals surface area (Å²) in [7, 11) is 3.44. The minimum atomic E-state index is -0.585. The largest absolute Gasteiger partial charge is 0.396 e. The summed E-state index contributed by atoms with van der Waals surface area (Å²) in [4.78, 5) is 29.9. The van der Waals surface area contributed by atoms with Gasteiger partial charge in [-0.05, 0) is 30.5 Å². The number of hydrogen-bond acceptors (Lipinski definition) is 7. The Hall–Kier alpha value is -2.33. The predicted octanol–water partition coefficient (Wildman–Crippen LogP) is 1.77. The highest BCUT2D eigenvalue weighted by Crippen LogP contribution is 2.36. The van der Waals surface area contributed by atoms with E-state index in [-0.39, 0.29) is 13.2 Å². The maximum absolute atomic E-state index is 13.4. The molecular formula is C22H31ClN4O5. The Morgan fingerprint density at radius 2 is 1.81 bits per heavy atom. The molecule has 3 rings (SSSR count). The minimum Gasteiger partial charge on any atom is -0.396 e. The van der Waals surface area contributed by atoms with Crippen LogP contribution in [0.15, 0.2) is 33.9 Å². The molecule has 2 aromatic rings. The summed E-state index contributed by atoms with van der Waals surface area (Å²) in [6.07, 6.45) is 0.653. The van der Waals surface area contributed by atoms with Gasteiger partial charge < -0.3 is 24.4 Å². The third-order valence-corrected chi connectivity index (χ3v) is 5.62. The quantitative estimate of drug-likeness (QED) is 0.505. The molecule has 1 atom stereocenters. The van der Waals surface area contributed by atoms with E-state index in [0.717, 1.165) is 12.0 Å². The Morgan fingerprint density at radius 1 is 1.09 bits per heavy atom. The molecule has 0 spiro atoms. The van der Waals surface area contributed by atoms with Crippen molar-refractivity contribution in [2.24, 2.45) is 7.05 Å². The third-order valence-electron chi connectivity index (χ3n) is 5.36. The maximum Gasteiger partial charge on any atom is 0.332 e. The van der Waals surface area contributed by atoms with Crippen molar-refractivity contribution in [2.45, 2.75) is 39.2 Å². The number of nitrogens with zero attached hydrogens (tertiary/aromatic N) is 4. The van der Waals surface area contributed by atoms with Crippen molar-refractivity contribution in [1.82, 2.24) is 9.13 Å². The lowest BCUT2D eigenvalue weighted by molar-refractivity contribution is 0.00648. The third kappa shape index (κ3) is 5.01. The van der Waals surface area contributed by atoms with Crippen LogP contribution in [0.1, 0.15) is 25.3 Å². The van der Waals surface area contributed by atoms with E-state index >= 15 is 0 Å².